The average Bonchev–Trinajstić information content (AvgIpc) is 2.99. The number of amides is 3. The third-order valence-electron chi connectivity index (χ3n) is 4.39. The van der Waals surface area contributed by atoms with Crippen LogP contribution in [0.2, 0.25) is 0 Å². The van der Waals surface area contributed by atoms with Gasteiger partial charge in [0, 0.05) is 13.0 Å². The van der Waals surface area contributed by atoms with Crippen LogP contribution in [0.3, 0.4) is 0 Å². The van der Waals surface area contributed by atoms with E-state index in [0.717, 1.165) is 19.3 Å². The quantitative estimate of drug-likeness (QED) is 0.861. The Labute approximate surface area is 129 Å². The van der Waals surface area contributed by atoms with Gasteiger partial charge in [-0.25, -0.2) is 4.90 Å². The van der Waals surface area contributed by atoms with Crippen LogP contribution in [0.5, 0.6) is 0 Å². The standard InChI is InChI=1S/C17H20N2O3/c1-2-3-10-15(20)19-13-8-5-4-7-12(13)16(21)18-11-6-9-14(18)17(19)22/h4-5,7-8,14H,2-3,6,9-11H2,1H3/t14-/m0/s1. The van der Waals surface area contributed by atoms with E-state index in [-0.39, 0.29) is 17.7 Å². The highest BCUT2D eigenvalue weighted by Gasteiger charge is 2.43. The van der Waals surface area contributed by atoms with Crippen LogP contribution in [0.4, 0.5) is 5.69 Å². The van der Waals surface area contributed by atoms with Gasteiger partial charge in [-0.1, -0.05) is 25.5 Å². The third-order valence-corrected chi connectivity index (χ3v) is 4.39. The molecular formula is C17H20N2O3. The van der Waals surface area contributed by atoms with Crippen LogP contribution >= 0.6 is 0 Å². The van der Waals surface area contributed by atoms with Gasteiger partial charge in [-0.05, 0) is 31.4 Å². The summed E-state index contributed by atoms with van der Waals surface area (Å²) >= 11 is 0. The number of carbonyl (C=O) groups excluding carboxylic acids is 3. The molecule has 2 aliphatic rings. The van der Waals surface area contributed by atoms with Crippen LogP contribution in [-0.2, 0) is 9.59 Å². The number of benzene rings is 1. The molecule has 1 saturated heterocycles. The zero-order valence-electron chi connectivity index (χ0n) is 12.7. The molecule has 5 nitrogen and oxygen atoms in total. The molecule has 116 valence electrons. The molecule has 1 fully saturated rings. The molecule has 0 radical (unpaired) electrons. The van der Waals surface area contributed by atoms with Crippen molar-refractivity contribution >= 4 is 23.4 Å². The molecule has 0 saturated carbocycles. The van der Waals surface area contributed by atoms with Crippen molar-refractivity contribution < 1.29 is 14.4 Å². The maximum Gasteiger partial charge on any atom is 0.256 e. The molecule has 0 aliphatic carbocycles. The van der Waals surface area contributed by atoms with Crippen LogP contribution in [0.15, 0.2) is 24.3 Å². The minimum atomic E-state index is -0.495. The van der Waals surface area contributed by atoms with Crippen LogP contribution in [-0.4, -0.2) is 35.2 Å². The molecule has 5 heteroatoms. The van der Waals surface area contributed by atoms with Gasteiger partial charge >= 0.3 is 0 Å². The van der Waals surface area contributed by atoms with Gasteiger partial charge in [0.2, 0.25) is 5.91 Å². The Morgan fingerprint density at radius 3 is 2.82 bits per heavy atom. The number of hydrogen-bond acceptors (Lipinski definition) is 3. The van der Waals surface area contributed by atoms with E-state index in [2.05, 4.69) is 0 Å². The maximum atomic E-state index is 12.9. The van der Waals surface area contributed by atoms with Gasteiger partial charge in [0.1, 0.15) is 6.04 Å². The van der Waals surface area contributed by atoms with Gasteiger partial charge in [0.05, 0.1) is 11.3 Å². The normalized spacial score (nSPS) is 20.7. The average molecular weight is 300 g/mol. The number of hydrogen-bond donors (Lipinski definition) is 0. The first kappa shape index (κ1) is 14.8. The number of anilines is 1. The molecule has 3 rings (SSSR count). The minimum absolute atomic E-state index is 0.141. The summed E-state index contributed by atoms with van der Waals surface area (Å²) in [5, 5.41) is 0. The first-order chi connectivity index (χ1) is 10.6. The van der Waals surface area contributed by atoms with Crippen molar-refractivity contribution in [1.82, 2.24) is 4.90 Å². The largest absolute Gasteiger partial charge is 0.327 e. The first-order valence-electron chi connectivity index (χ1n) is 7.92. The summed E-state index contributed by atoms with van der Waals surface area (Å²) in [7, 11) is 0. The van der Waals surface area contributed by atoms with Gasteiger partial charge in [-0.15, -0.1) is 0 Å². The molecule has 0 unspecified atom stereocenters. The summed E-state index contributed by atoms with van der Waals surface area (Å²) in [6, 6.07) is 6.43. The molecule has 1 aromatic rings. The Kier molecular flexibility index (Phi) is 3.96. The highest BCUT2D eigenvalue weighted by atomic mass is 16.2. The summed E-state index contributed by atoms with van der Waals surface area (Å²) in [4.78, 5) is 41.0. The van der Waals surface area contributed by atoms with Gasteiger partial charge in [0.15, 0.2) is 0 Å². The van der Waals surface area contributed by atoms with E-state index in [1.165, 1.54) is 4.90 Å². The fourth-order valence-electron chi connectivity index (χ4n) is 3.24. The van der Waals surface area contributed by atoms with Crippen molar-refractivity contribution in [3.8, 4) is 0 Å². The highest BCUT2D eigenvalue weighted by Crippen LogP contribution is 2.32. The summed E-state index contributed by atoms with van der Waals surface area (Å²) < 4.78 is 0. The van der Waals surface area contributed by atoms with E-state index in [9.17, 15) is 14.4 Å². The van der Waals surface area contributed by atoms with Crippen molar-refractivity contribution in [1.29, 1.82) is 0 Å². The van der Waals surface area contributed by atoms with Gasteiger partial charge in [-0.3, -0.25) is 14.4 Å². The fraction of sp³-hybridized carbons (Fsp3) is 0.471. The predicted molar refractivity (Wildman–Crippen MR) is 82.5 cm³/mol. The molecule has 2 aliphatic heterocycles. The molecule has 0 spiro atoms. The van der Waals surface area contributed by atoms with E-state index < -0.39 is 6.04 Å². The van der Waals surface area contributed by atoms with Crippen molar-refractivity contribution in [3.63, 3.8) is 0 Å². The Hall–Kier alpha value is -2.17. The summed E-state index contributed by atoms with van der Waals surface area (Å²) in [6.07, 6.45) is 3.41. The lowest BCUT2D eigenvalue weighted by molar-refractivity contribution is -0.128. The van der Waals surface area contributed by atoms with Crippen LogP contribution in [0.25, 0.3) is 0 Å². The van der Waals surface area contributed by atoms with Crippen molar-refractivity contribution in [2.45, 2.75) is 45.1 Å². The Balaban J connectivity index is 2.06. The van der Waals surface area contributed by atoms with Crippen molar-refractivity contribution in [2.24, 2.45) is 0 Å². The number of fused-ring (bicyclic) bond motifs is 2. The molecule has 22 heavy (non-hydrogen) atoms. The Bertz CT molecular complexity index is 626. The van der Waals surface area contributed by atoms with Gasteiger partial charge in [0.25, 0.3) is 11.8 Å². The lowest BCUT2D eigenvalue weighted by atomic mass is 10.1. The number of carbonyl (C=O) groups is 3. The first-order valence-corrected chi connectivity index (χ1v) is 7.92. The smallest absolute Gasteiger partial charge is 0.256 e. The monoisotopic (exact) mass is 300 g/mol. The van der Waals surface area contributed by atoms with E-state index in [4.69, 9.17) is 0 Å². The molecule has 0 N–H and O–H groups in total. The van der Waals surface area contributed by atoms with Crippen molar-refractivity contribution in [2.75, 3.05) is 11.4 Å². The molecule has 1 atom stereocenters. The second-order valence-corrected chi connectivity index (χ2v) is 5.84. The maximum absolute atomic E-state index is 12.9. The second-order valence-electron chi connectivity index (χ2n) is 5.84. The van der Waals surface area contributed by atoms with E-state index in [1.807, 2.05) is 6.92 Å². The molecule has 0 aromatic heterocycles. The second kappa shape index (κ2) is 5.91. The number of nitrogens with zero attached hydrogens (tertiary/aromatic N) is 2. The summed E-state index contributed by atoms with van der Waals surface area (Å²) in [6.45, 7) is 2.59. The number of imide groups is 1. The molecule has 1 aromatic carbocycles. The van der Waals surface area contributed by atoms with Gasteiger partial charge < -0.3 is 4.90 Å². The fourth-order valence-corrected chi connectivity index (χ4v) is 3.24. The summed E-state index contributed by atoms with van der Waals surface area (Å²) in [5.41, 5.74) is 0.887. The van der Waals surface area contributed by atoms with E-state index >= 15 is 0 Å². The number of para-hydroxylation sites is 1. The lowest BCUT2D eigenvalue weighted by Gasteiger charge is -2.24. The lowest BCUT2D eigenvalue weighted by Crippen LogP contribution is -2.47. The molecule has 0 bridgehead atoms. The predicted octanol–water partition coefficient (Wildman–Crippen LogP) is 2.35. The SMILES string of the molecule is CCCCC(=O)N1C(=O)[C@@H]2CCCN2C(=O)c2ccccc21. The van der Waals surface area contributed by atoms with E-state index in [0.29, 0.717) is 30.6 Å². The third kappa shape index (κ3) is 2.30. The van der Waals surface area contributed by atoms with Crippen LogP contribution in [0.1, 0.15) is 49.4 Å². The zero-order valence-corrected chi connectivity index (χ0v) is 12.7. The van der Waals surface area contributed by atoms with Crippen molar-refractivity contribution in [3.05, 3.63) is 29.8 Å². The van der Waals surface area contributed by atoms with Gasteiger partial charge in [-0.2, -0.15) is 0 Å². The Morgan fingerprint density at radius 2 is 2.05 bits per heavy atom. The van der Waals surface area contributed by atoms with E-state index in [1.54, 1.807) is 29.2 Å². The molecular weight excluding hydrogens is 280 g/mol. The molecule has 2 heterocycles. The number of rotatable bonds is 3. The summed E-state index contributed by atoms with van der Waals surface area (Å²) in [5.74, 6) is -0.602. The van der Waals surface area contributed by atoms with Crippen LogP contribution in [0, 0.1) is 0 Å². The zero-order chi connectivity index (χ0) is 15.7. The highest BCUT2D eigenvalue weighted by molar-refractivity contribution is 6.22. The minimum Gasteiger partial charge on any atom is -0.327 e. The van der Waals surface area contributed by atoms with Crippen LogP contribution < -0.4 is 4.90 Å². The topological polar surface area (TPSA) is 57.7 Å². The molecule has 3 amide bonds. The Morgan fingerprint density at radius 1 is 1.27 bits per heavy atom. The number of unbranched alkanes of at least 4 members (excludes halogenated alkanes) is 1.